The quantitative estimate of drug-likeness (QED) is 0.156. The molecule has 0 saturated heterocycles. The Hall–Kier alpha value is -6.02. The Bertz CT molecular complexity index is 2900. The van der Waals surface area contributed by atoms with Crippen LogP contribution in [0.1, 0.15) is 140 Å². The molecule has 3 heterocycles. The highest BCUT2D eigenvalue weighted by Gasteiger charge is 2.43. The summed E-state index contributed by atoms with van der Waals surface area (Å²) in [6, 6.07) is 38.9. The van der Waals surface area contributed by atoms with Crippen LogP contribution in [0.5, 0.6) is 11.5 Å². The lowest BCUT2D eigenvalue weighted by molar-refractivity contribution is -0.137. The van der Waals surface area contributed by atoms with E-state index in [2.05, 4.69) is 199 Å². The SMILES string of the molecule is C/C(=C1/N=C(c2ccc(C(C)(C)C)cc2)C=C1c1ccc(C(C)(C)C)cc1)c1c(-c2ccc(C(C)(C)C)cc2)cc(-c2ccc(C(C)(C)C)cc2)n1B1Oc2cc(C(F)(F)F)cc(C)c2O1. The largest absolute Gasteiger partial charge is 0.743 e. The second-order valence-corrected chi connectivity index (χ2v) is 22.2. The molecule has 66 heavy (non-hydrogen) atoms. The van der Waals surface area contributed by atoms with E-state index in [1.807, 2.05) is 4.48 Å². The van der Waals surface area contributed by atoms with Crippen molar-refractivity contribution in [2.75, 3.05) is 0 Å². The normalized spacial score (nSPS) is 15.3. The summed E-state index contributed by atoms with van der Waals surface area (Å²) in [7, 11) is -1.15. The Balaban J connectivity index is 1.42. The summed E-state index contributed by atoms with van der Waals surface area (Å²) in [6.07, 6.45) is -2.39. The van der Waals surface area contributed by atoms with Gasteiger partial charge in [0, 0.05) is 28.1 Å². The van der Waals surface area contributed by atoms with Gasteiger partial charge in [0.1, 0.15) is 11.5 Å². The Morgan fingerprint density at radius 2 is 0.970 bits per heavy atom. The fourth-order valence-corrected chi connectivity index (χ4v) is 8.82. The van der Waals surface area contributed by atoms with Gasteiger partial charge in [0.25, 0.3) is 0 Å². The van der Waals surface area contributed by atoms with E-state index in [9.17, 15) is 13.2 Å². The molecule has 2 aliphatic rings. The van der Waals surface area contributed by atoms with Gasteiger partial charge >= 0.3 is 13.4 Å². The number of halogens is 3. The second kappa shape index (κ2) is 16.4. The van der Waals surface area contributed by atoms with Crippen molar-refractivity contribution in [3.8, 4) is 33.9 Å². The average Bonchev–Trinajstić information content (AvgIpc) is 3.98. The van der Waals surface area contributed by atoms with Crippen LogP contribution in [-0.2, 0) is 27.8 Å². The van der Waals surface area contributed by atoms with Gasteiger partial charge in [-0.1, -0.05) is 180 Å². The number of alkyl halides is 3. The number of allylic oxidation sites excluding steroid dienone is 3. The van der Waals surface area contributed by atoms with Crippen molar-refractivity contribution in [1.29, 1.82) is 0 Å². The highest BCUT2D eigenvalue weighted by atomic mass is 19.4. The standard InChI is InChI=1S/C58H62BF3N2O2/c1-35-31-45(58(60,61)62)32-50-53(35)66-59(65-50)64-49(40-21-29-44(30-22-40)57(12,13)14)34-47(38-17-25-42(26-18-38)55(6,7)8)52(64)36(2)51-46(37-15-23-41(24-16-37)54(3,4)5)33-48(63-51)39-19-27-43(28-20-39)56(9,10)11/h15-34H,1-14H3/b51-36-. The summed E-state index contributed by atoms with van der Waals surface area (Å²) >= 11 is 0. The minimum Gasteiger partial charge on any atom is -0.503 e. The topological polar surface area (TPSA) is 35.8 Å². The van der Waals surface area contributed by atoms with Gasteiger partial charge in [-0.15, -0.1) is 0 Å². The van der Waals surface area contributed by atoms with E-state index >= 15 is 0 Å². The van der Waals surface area contributed by atoms with Crippen molar-refractivity contribution >= 4 is 24.1 Å². The maximum atomic E-state index is 14.3. The van der Waals surface area contributed by atoms with Gasteiger partial charge in [0.2, 0.25) is 0 Å². The summed E-state index contributed by atoms with van der Waals surface area (Å²) in [5, 5.41) is 0. The van der Waals surface area contributed by atoms with E-state index in [-0.39, 0.29) is 33.2 Å². The van der Waals surface area contributed by atoms with Gasteiger partial charge in [-0.25, -0.2) is 4.99 Å². The zero-order chi connectivity index (χ0) is 47.9. The predicted molar refractivity (Wildman–Crippen MR) is 269 cm³/mol. The number of aryl methyl sites for hydroxylation is 1. The number of benzene rings is 5. The van der Waals surface area contributed by atoms with Gasteiger partial charge in [-0.2, -0.15) is 13.2 Å². The highest BCUT2D eigenvalue weighted by molar-refractivity contribution is 6.47. The maximum absolute atomic E-state index is 14.3. The third-order valence-electron chi connectivity index (χ3n) is 13.0. The highest BCUT2D eigenvalue weighted by Crippen LogP contribution is 2.47. The third-order valence-corrected chi connectivity index (χ3v) is 13.0. The number of rotatable bonds is 6. The molecule has 0 fully saturated rings. The molecule has 1 aromatic heterocycles. The number of fused-ring (bicyclic) bond motifs is 1. The molecule has 0 atom stereocenters. The van der Waals surface area contributed by atoms with E-state index in [0.29, 0.717) is 5.56 Å². The molecular weight excluding hydrogens is 824 g/mol. The van der Waals surface area contributed by atoms with Crippen molar-refractivity contribution in [2.24, 2.45) is 4.99 Å². The Kier molecular flexibility index (Phi) is 11.6. The van der Waals surface area contributed by atoms with Gasteiger partial charge in [0.15, 0.2) is 0 Å². The Labute approximate surface area is 390 Å². The molecule has 8 rings (SSSR count). The summed E-state index contributed by atoms with van der Waals surface area (Å²) in [5.74, 6) is 0.323. The van der Waals surface area contributed by atoms with Crippen LogP contribution >= 0.6 is 0 Å². The molecular formula is C58H62BF3N2O2. The zero-order valence-electron chi connectivity index (χ0n) is 41.0. The van der Waals surface area contributed by atoms with E-state index in [1.54, 1.807) is 6.92 Å². The number of aromatic nitrogens is 1. The van der Waals surface area contributed by atoms with Crippen LogP contribution in [-0.4, -0.2) is 17.4 Å². The van der Waals surface area contributed by atoms with Crippen LogP contribution in [0.15, 0.2) is 132 Å². The minimum absolute atomic E-state index is 0.0119. The molecule has 340 valence electrons. The molecule has 0 N–H and O–H groups in total. The monoisotopic (exact) mass is 886 g/mol. The van der Waals surface area contributed by atoms with E-state index in [4.69, 9.17) is 14.3 Å². The van der Waals surface area contributed by atoms with Crippen LogP contribution in [0, 0.1) is 6.92 Å². The van der Waals surface area contributed by atoms with Crippen LogP contribution in [0.2, 0.25) is 0 Å². The lowest BCUT2D eigenvalue weighted by Gasteiger charge is -2.21. The first-order valence-corrected chi connectivity index (χ1v) is 22.9. The summed E-state index contributed by atoms with van der Waals surface area (Å²) in [5.41, 5.74) is 14.0. The third kappa shape index (κ3) is 9.08. The summed E-state index contributed by atoms with van der Waals surface area (Å²) < 4.78 is 58.0. The first-order chi connectivity index (χ1) is 30.7. The molecule has 0 spiro atoms. The van der Waals surface area contributed by atoms with Crippen LogP contribution < -0.4 is 9.31 Å². The van der Waals surface area contributed by atoms with E-state index in [1.165, 1.54) is 22.3 Å². The molecule has 5 aromatic carbocycles. The second-order valence-electron chi connectivity index (χ2n) is 22.2. The fraction of sp³-hybridized carbons (Fsp3) is 0.328. The van der Waals surface area contributed by atoms with Gasteiger partial charge in [-0.05, 0) is 110 Å². The van der Waals surface area contributed by atoms with Crippen molar-refractivity contribution < 1.29 is 22.5 Å². The molecule has 0 bridgehead atoms. The predicted octanol–water partition coefficient (Wildman–Crippen LogP) is 16.0. The minimum atomic E-state index is -4.56. The number of hydrogen-bond donors (Lipinski definition) is 0. The molecule has 0 radical (unpaired) electrons. The first-order valence-electron chi connectivity index (χ1n) is 22.9. The molecule has 0 saturated carbocycles. The summed E-state index contributed by atoms with van der Waals surface area (Å²) in [4.78, 5) is 5.50. The average molecular weight is 887 g/mol. The molecule has 6 aromatic rings. The van der Waals surface area contributed by atoms with Crippen LogP contribution in [0.25, 0.3) is 33.5 Å². The van der Waals surface area contributed by atoms with Crippen molar-refractivity contribution in [2.45, 2.75) is 125 Å². The molecule has 0 amide bonds. The van der Waals surface area contributed by atoms with Gasteiger partial charge in [-0.3, -0.25) is 0 Å². The number of aliphatic imine (C=N–C) groups is 1. The molecule has 8 heteroatoms. The molecule has 2 aliphatic heterocycles. The van der Waals surface area contributed by atoms with Crippen molar-refractivity contribution in [1.82, 2.24) is 4.48 Å². The summed E-state index contributed by atoms with van der Waals surface area (Å²) in [6.45, 7) is 30.1. The lowest BCUT2D eigenvalue weighted by Crippen LogP contribution is -2.36. The fourth-order valence-electron chi connectivity index (χ4n) is 8.82. The van der Waals surface area contributed by atoms with Crippen molar-refractivity contribution in [3.05, 3.63) is 177 Å². The lowest BCUT2D eigenvalue weighted by atomic mass is 9.85. The number of hydrogen-bond acceptors (Lipinski definition) is 3. The van der Waals surface area contributed by atoms with E-state index < -0.39 is 19.0 Å². The van der Waals surface area contributed by atoms with Gasteiger partial charge in [0.05, 0.1) is 17.0 Å². The van der Waals surface area contributed by atoms with Crippen LogP contribution in [0.3, 0.4) is 0 Å². The van der Waals surface area contributed by atoms with Gasteiger partial charge < -0.3 is 13.8 Å². The molecule has 0 unspecified atom stereocenters. The Morgan fingerprint density at radius 1 is 0.530 bits per heavy atom. The first kappa shape index (κ1) is 46.5. The molecule has 0 aliphatic carbocycles. The maximum Gasteiger partial charge on any atom is 0.743 e. The zero-order valence-corrected chi connectivity index (χ0v) is 41.0. The van der Waals surface area contributed by atoms with Crippen molar-refractivity contribution in [3.63, 3.8) is 0 Å². The van der Waals surface area contributed by atoms with E-state index in [0.717, 1.165) is 73.9 Å². The smallest absolute Gasteiger partial charge is 0.503 e. The van der Waals surface area contributed by atoms with Crippen LogP contribution in [0.4, 0.5) is 13.2 Å². The number of nitrogens with zero attached hydrogens (tertiary/aromatic N) is 2. The molecule has 4 nitrogen and oxygen atoms in total. The Morgan fingerprint density at radius 3 is 1.42 bits per heavy atom.